The molecule has 1 saturated heterocycles. The number of sulfonamides is 1. The zero-order valence-corrected chi connectivity index (χ0v) is 10.1. The van der Waals surface area contributed by atoms with E-state index in [-0.39, 0.29) is 11.3 Å². The third-order valence-electron chi connectivity index (χ3n) is 3.49. The number of hydrogen-bond donors (Lipinski definition) is 1. The van der Waals surface area contributed by atoms with Gasteiger partial charge in [-0.05, 0) is 19.8 Å². The highest BCUT2D eigenvalue weighted by atomic mass is 32.2. The Morgan fingerprint density at radius 3 is 2.53 bits per heavy atom. The number of nitrogens with zero attached hydrogens (tertiary/aromatic N) is 1. The molecule has 1 aliphatic carbocycles. The monoisotopic (exact) mass is 232 g/mol. The highest BCUT2D eigenvalue weighted by Gasteiger charge is 2.37. The van der Waals surface area contributed by atoms with Crippen molar-refractivity contribution in [1.29, 1.82) is 0 Å². The molecule has 0 amide bonds. The van der Waals surface area contributed by atoms with Gasteiger partial charge in [-0.2, -0.15) is 4.31 Å². The Hall–Kier alpha value is -0.130. The molecule has 0 radical (unpaired) electrons. The van der Waals surface area contributed by atoms with Crippen LogP contribution in [0.2, 0.25) is 0 Å². The second kappa shape index (κ2) is 4.39. The Morgan fingerprint density at radius 2 is 1.93 bits per heavy atom. The highest BCUT2D eigenvalue weighted by molar-refractivity contribution is 7.89. The number of hydrogen-bond acceptors (Lipinski definition) is 3. The molecule has 0 spiro atoms. The molecule has 15 heavy (non-hydrogen) atoms. The molecule has 1 N–H and O–H groups in total. The number of rotatable bonds is 2. The summed E-state index contributed by atoms with van der Waals surface area (Å²) in [4.78, 5) is 0. The van der Waals surface area contributed by atoms with Crippen molar-refractivity contribution >= 4 is 10.0 Å². The summed E-state index contributed by atoms with van der Waals surface area (Å²) in [6.07, 6.45) is 3.87. The van der Waals surface area contributed by atoms with Gasteiger partial charge in [0.2, 0.25) is 10.0 Å². The standard InChI is InChI=1S/C10H20N2O2S/c1-9-8-11-6-7-12(9)15(13,14)10-4-2-3-5-10/h9-11H,2-8H2,1H3/t9-/m1/s1. The normalized spacial score (nSPS) is 30.9. The Labute approximate surface area is 92.1 Å². The molecule has 1 atom stereocenters. The van der Waals surface area contributed by atoms with Crippen molar-refractivity contribution in [2.75, 3.05) is 19.6 Å². The smallest absolute Gasteiger partial charge is 0.217 e. The van der Waals surface area contributed by atoms with Gasteiger partial charge < -0.3 is 5.32 Å². The van der Waals surface area contributed by atoms with Gasteiger partial charge in [0, 0.05) is 25.7 Å². The molecule has 2 rings (SSSR count). The second-order valence-electron chi connectivity index (χ2n) is 4.62. The summed E-state index contributed by atoms with van der Waals surface area (Å²) >= 11 is 0. The molecule has 1 heterocycles. The predicted octanol–water partition coefficient (Wildman–Crippen LogP) is 0.552. The van der Waals surface area contributed by atoms with E-state index in [0.29, 0.717) is 6.54 Å². The molecule has 2 fully saturated rings. The largest absolute Gasteiger partial charge is 0.314 e. The van der Waals surface area contributed by atoms with Crippen LogP contribution in [0.4, 0.5) is 0 Å². The van der Waals surface area contributed by atoms with Crippen LogP contribution in [0.25, 0.3) is 0 Å². The number of nitrogens with one attached hydrogen (secondary N) is 1. The molecule has 0 aromatic rings. The molecule has 1 aliphatic heterocycles. The Kier molecular flexibility index (Phi) is 3.33. The van der Waals surface area contributed by atoms with Crippen LogP contribution in [0.1, 0.15) is 32.6 Å². The van der Waals surface area contributed by atoms with Crippen LogP contribution >= 0.6 is 0 Å². The van der Waals surface area contributed by atoms with E-state index in [1.807, 2.05) is 6.92 Å². The first-order valence-electron chi connectivity index (χ1n) is 5.84. The van der Waals surface area contributed by atoms with Crippen LogP contribution in [-0.2, 0) is 10.0 Å². The summed E-state index contributed by atoms with van der Waals surface area (Å²) in [7, 11) is -3.02. The van der Waals surface area contributed by atoms with Gasteiger partial charge in [0.1, 0.15) is 0 Å². The van der Waals surface area contributed by atoms with Crippen molar-refractivity contribution in [3.05, 3.63) is 0 Å². The van der Waals surface area contributed by atoms with E-state index in [9.17, 15) is 8.42 Å². The van der Waals surface area contributed by atoms with Crippen molar-refractivity contribution < 1.29 is 8.42 Å². The maximum atomic E-state index is 12.3. The van der Waals surface area contributed by atoms with Crippen LogP contribution in [0.15, 0.2) is 0 Å². The van der Waals surface area contributed by atoms with Crippen molar-refractivity contribution in [3.63, 3.8) is 0 Å². The summed E-state index contributed by atoms with van der Waals surface area (Å²) in [5.41, 5.74) is 0. The maximum absolute atomic E-state index is 12.3. The Balaban J connectivity index is 2.12. The predicted molar refractivity (Wildman–Crippen MR) is 60.2 cm³/mol. The minimum atomic E-state index is -3.02. The van der Waals surface area contributed by atoms with Gasteiger partial charge >= 0.3 is 0 Å². The van der Waals surface area contributed by atoms with Crippen LogP contribution in [0, 0.1) is 0 Å². The summed E-state index contributed by atoms with van der Waals surface area (Å²) in [5.74, 6) is 0. The highest BCUT2D eigenvalue weighted by Crippen LogP contribution is 2.28. The van der Waals surface area contributed by atoms with Crippen molar-refractivity contribution in [1.82, 2.24) is 9.62 Å². The molecular formula is C10H20N2O2S. The van der Waals surface area contributed by atoms with E-state index in [4.69, 9.17) is 0 Å². The molecule has 4 nitrogen and oxygen atoms in total. The SMILES string of the molecule is C[C@@H]1CNCCN1S(=O)(=O)C1CCCC1. The lowest BCUT2D eigenvalue weighted by molar-refractivity contribution is 0.280. The van der Waals surface area contributed by atoms with E-state index >= 15 is 0 Å². The Morgan fingerprint density at radius 1 is 1.27 bits per heavy atom. The molecule has 0 aromatic carbocycles. The average Bonchev–Trinajstić information content (AvgIpc) is 2.71. The van der Waals surface area contributed by atoms with Gasteiger partial charge in [-0.15, -0.1) is 0 Å². The molecular weight excluding hydrogens is 212 g/mol. The molecule has 5 heteroatoms. The van der Waals surface area contributed by atoms with Crippen LogP contribution < -0.4 is 5.32 Å². The minimum Gasteiger partial charge on any atom is -0.314 e. The lowest BCUT2D eigenvalue weighted by Crippen LogP contribution is -2.54. The lowest BCUT2D eigenvalue weighted by Gasteiger charge is -2.34. The molecule has 88 valence electrons. The quantitative estimate of drug-likeness (QED) is 0.756. The van der Waals surface area contributed by atoms with Crippen LogP contribution in [0.3, 0.4) is 0 Å². The van der Waals surface area contributed by atoms with Crippen LogP contribution in [-0.4, -0.2) is 43.6 Å². The summed E-state index contributed by atoms with van der Waals surface area (Å²) in [5, 5.41) is 3.12. The van der Waals surface area contributed by atoms with E-state index < -0.39 is 10.0 Å². The Bertz CT molecular complexity index is 309. The third-order valence-corrected chi connectivity index (χ3v) is 6.00. The third kappa shape index (κ3) is 2.19. The average molecular weight is 232 g/mol. The van der Waals surface area contributed by atoms with Gasteiger partial charge in [0.05, 0.1) is 5.25 Å². The van der Waals surface area contributed by atoms with E-state index in [0.717, 1.165) is 38.8 Å². The molecule has 1 saturated carbocycles. The molecule has 0 bridgehead atoms. The fourth-order valence-electron chi connectivity index (χ4n) is 2.58. The van der Waals surface area contributed by atoms with Crippen molar-refractivity contribution in [2.45, 2.75) is 43.9 Å². The topological polar surface area (TPSA) is 49.4 Å². The summed E-state index contributed by atoms with van der Waals surface area (Å²) in [6.45, 7) is 4.20. The van der Waals surface area contributed by atoms with Gasteiger partial charge in [0.25, 0.3) is 0 Å². The van der Waals surface area contributed by atoms with E-state index in [1.165, 1.54) is 0 Å². The fraction of sp³-hybridized carbons (Fsp3) is 1.00. The van der Waals surface area contributed by atoms with Gasteiger partial charge in [-0.25, -0.2) is 8.42 Å². The van der Waals surface area contributed by atoms with Gasteiger partial charge in [0.15, 0.2) is 0 Å². The molecule has 2 aliphatic rings. The fourth-order valence-corrected chi connectivity index (χ4v) is 4.81. The first-order valence-corrected chi connectivity index (χ1v) is 7.34. The number of piperazine rings is 1. The van der Waals surface area contributed by atoms with Crippen molar-refractivity contribution in [3.8, 4) is 0 Å². The summed E-state index contributed by atoms with van der Waals surface area (Å²) in [6, 6.07) is 0.115. The summed E-state index contributed by atoms with van der Waals surface area (Å²) < 4.78 is 26.3. The van der Waals surface area contributed by atoms with Gasteiger partial charge in [-0.3, -0.25) is 0 Å². The first-order chi connectivity index (χ1) is 7.12. The van der Waals surface area contributed by atoms with E-state index in [1.54, 1.807) is 4.31 Å². The molecule has 0 unspecified atom stereocenters. The van der Waals surface area contributed by atoms with Crippen LogP contribution in [0.5, 0.6) is 0 Å². The second-order valence-corrected chi connectivity index (χ2v) is 6.78. The van der Waals surface area contributed by atoms with E-state index in [2.05, 4.69) is 5.32 Å². The zero-order chi connectivity index (χ0) is 10.9. The van der Waals surface area contributed by atoms with Crippen molar-refractivity contribution in [2.24, 2.45) is 0 Å². The zero-order valence-electron chi connectivity index (χ0n) is 9.28. The maximum Gasteiger partial charge on any atom is 0.217 e. The van der Waals surface area contributed by atoms with Gasteiger partial charge in [-0.1, -0.05) is 12.8 Å². The first kappa shape index (κ1) is 11.4. The lowest BCUT2D eigenvalue weighted by atomic mass is 10.3. The minimum absolute atomic E-state index is 0.0990. The molecule has 0 aromatic heterocycles.